The van der Waals surface area contributed by atoms with Crippen molar-refractivity contribution < 1.29 is 9.59 Å². The van der Waals surface area contributed by atoms with Gasteiger partial charge in [0.1, 0.15) is 0 Å². The Hall–Kier alpha value is -2.83. The van der Waals surface area contributed by atoms with Crippen LogP contribution in [0.4, 0.5) is 10.5 Å². The molecule has 29 heavy (non-hydrogen) atoms. The molecular formula is C22H29N5O2. The summed E-state index contributed by atoms with van der Waals surface area (Å²) in [6, 6.07) is 5.53. The Morgan fingerprint density at radius 1 is 1.14 bits per heavy atom. The molecule has 3 aliphatic rings. The fraction of sp³-hybridized carbons (Fsp3) is 0.500. The molecule has 4 rings (SSSR count). The summed E-state index contributed by atoms with van der Waals surface area (Å²) >= 11 is 0. The van der Waals surface area contributed by atoms with E-state index < -0.39 is 12.2 Å². The molecule has 2 atom stereocenters. The number of imide groups is 1. The Kier molecular flexibility index (Phi) is 4.63. The summed E-state index contributed by atoms with van der Waals surface area (Å²) in [7, 11) is 1.74. The van der Waals surface area contributed by atoms with Gasteiger partial charge in [0.25, 0.3) is 5.91 Å². The maximum Gasteiger partial charge on any atom is 0.328 e. The molecule has 0 aromatic heterocycles. The lowest BCUT2D eigenvalue weighted by molar-refractivity contribution is -0.136. The first kappa shape index (κ1) is 19.5. The highest BCUT2D eigenvalue weighted by Gasteiger charge is 2.54. The third kappa shape index (κ3) is 2.99. The van der Waals surface area contributed by atoms with E-state index >= 15 is 0 Å². The van der Waals surface area contributed by atoms with Crippen molar-refractivity contribution >= 4 is 23.6 Å². The largest absolute Gasteiger partial charge is 0.328 e. The van der Waals surface area contributed by atoms with Gasteiger partial charge in [-0.3, -0.25) is 14.6 Å². The molecule has 3 amide bonds. The second-order valence-electron chi connectivity index (χ2n) is 8.66. The van der Waals surface area contributed by atoms with Crippen LogP contribution in [0.25, 0.3) is 0 Å². The molecule has 7 heteroatoms. The van der Waals surface area contributed by atoms with E-state index in [2.05, 4.69) is 50.8 Å². The number of carbonyl (C=O) groups is 2. The molecule has 0 N–H and O–H groups in total. The molecule has 0 radical (unpaired) electrons. The van der Waals surface area contributed by atoms with E-state index in [9.17, 15) is 9.59 Å². The number of aliphatic imine (C=N–C) groups is 1. The first-order chi connectivity index (χ1) is 13.7. The maximum atomic E-state index is 13.3. The minimum absolute atomic E-state index is 0.163. The van der Waals surface area contributed by atoms with Gasteiger partial charge in [0, 0.05) is 25.5 Å². The zero-order chi connectivity index (χ0) is 21.0. The minimum Gasteiger partial charge on any atom is -0.302 e. The van der Waals surface area contributed by atoms with Crippen LogP contribution in [0, 0.1) is 19.8 Å². The third-order valence-electron chi connectivity index (χ3n) is 5.91. The molecular weight excluding hydrogens is 366 g/mol. The lowest BCUT2D eigenvalue weighted by Gasteiger charge is -2.40. The van der Waals surface area contributed by atoms with Crippen LogP contribution in [0.3, 0.4) is 0 Å². The number of rotatable bonds is 4. The summed E-state index contributed by atoms with van der Waals surface area (Å²) in [6.07, 6.45) is 2.27. The van der Waals surface area contributed by atoms with Gasteiger partial charge in [0.15, 0.2) is 12.2 Å². The highest BCUT2D eigenvalue weighted by molar-refractivity contribution is 6.10. The quantitative estimate of drug-likeness (QED) is 0.785. The number of fused-ring (bicyclic) bond motifs is 3. The maximum absolute atomic E-state index is 13.3. The van der Waals surface area contributed by atoms with Gasteiger partial charge >= 0.3 is 6.03 Å². The van der Waals surface area contributed by atoms with Gasteiger partial charge in [0.2, 0.25) is 5.96 Å². The number of nitrogens with zero attached hydrogens (tertiary/aromatic N) is 5. The Morgan fingerprint density at radius 3 is 2.52 bits per heavy atom. The van der Waals surface area contributed by atoms with Crippen LogP contribution < -0.4 is 4.90 Å². The number of guanidine groups is 1. The first-order valence-electron chi connectivity index (χ1n) is 10.2. The molecule has 3 heterocycles. The van der Waals surface area contributed by atoms with Gasteiger partial charge in [-0.2, -0.15) is 0 Å². The molecule has 1 aromatic carbocycles. The van der Waals surface area contributed by atoms with E-state index in [1.807, 2.05) is 18.0 Å². The highest BCUT2D eigenvalue weighted by atomic mass is 16.2. The summed E-state index contributed by atoms with van der Waals surface area (Å²) in [4.78, 5) is 38.0. The average Bonchev–Trinajstić information content (AvgIpc) is 3.15. The molecule has 3 aliphatic heterocycles. The number of urea groups is 1. The molecule has 1 saturated heterocycles. The molecule has 0 saturated carbocycles. The van der Waals surface area contributed by atoms with Crippen molar-refractivity contribution in [3.8, 4) is 0 Å². The van der Waals surface area contributed by atoms with E-state index in [0.29, 0.717) is 18.4 Å². The average molecular weight is 396 g/mol. The fourth-order valence-corrected chi connectivity index (χ4v) is 4.30. The van der Waals surface area contributed by atoms with Crippen LogP contribution >= 0.6 is 0 Å². The molecule has 1 fully saturated rings. The van der Waals surface area contributed by atoms with Gasteiger partial charge < -0.3 is 9.80 Å². The first-order valence-corrected chi connectivity index (χ1v) is 10.2. The predicted octanol–water partition coefficient (Wildman–Crippen LogP) is 3.29. The number of hydrogen-bond acceptors (Lipinski definition) is 5. The zero-order valence-corrected chi connectivity index (χ0v) is 18.0. The lowest BCUT2D eigenvalue weighted by atomic mass is 10.1. The molecule has 154 valence electrons. The molecule has 2 unspecified atom stereocenters. The van der Waals surface area contributed by atoms with Crippen molar-refractivity contribution in [2.45, 2.75) is 53.2 Å². The zero-order valence-electron chi connectivity index (χ0n) is 18.0. The van der Waals surface area contributed by atoms with Crippen molar-refractivity contribution in [1.82, 2.24) is 14.7 Å². The van der Waals surface area contributed by atoms with Crippen molar-refractivity contribution in [3.63, 3.8) is 0 Å². The summed E-state index contributed by atoms with van der Waals surface area (Å²) in [5.74, 6) is 0.968. The number of hydrogen-bond donors (Lipinski definition) is 0. The summed E-state index contributed by atoms with van der Waals surface area (Å²) < 4.78 is 0. The van der Waals surface area contributed by atoms with Gasteiger partial charge in [0.05, 0.1) is 5.69 Å². The van der Waals surface area contributed by atoms with Crippen molar-refractivity contribution in [3.05, 3.63) is 41.2 Å². The van der Waals surface area contributed by atoms with Crippen LogP contribution in [0.2, 0.25) is 0 Å². The number of aryl methyl sites for hydroxylation is 2. The number of anilines is 1. The van der Waals surface area contributed by atoms with Crippen molar-refractivity contribution in [1.29, 1.82) is 0 Å². The Morgan fingerprint density at radius 2 is 1.86 bits per heavy atom. The van der Waals surface area contributed by atoms with Crippen LogP contribution in [-0.2, 0) is 4.79 Å². The molecule has 1 aromatic rings. The number of allylic oxidation sites excluding steroid dienone is 1. The Labute approximate surface area is 172 Å². The normalized spacial score (nSPS) is 23.7. The van der Waals surface area contributed by atoms with Crippen LogP contribution in [0.15, 0.2) is 35.1 Å². The van der Waals surface area contributed by atoms with Crippen LogP contribution in [0.5, 0.6) is 0 Å². The van der Waals surface area contributed by atoms with Gasteiger partial charge in [-0.15, -0.1) is 0 Å². The monoisotopic (exact) mass is 395 g/mol. The van der Waals surface area contributed by atoms with Crippen LogP contribution in [-0.4, -0.2) is 58.4 Å². The van der Waals surface area contributed by atoms with Crippen molar-refractivity contribution in [2.75, 3.05) is 18.5 Å². The predicted molar refractivity (Wildman–Crippen MR) is 113 cm³/mol. The van der Waals surface area contributed by atoms with Crippen LogP contribution in [0.1, 0.15) is 38.3 Å². The van der Waals surface area contributed by atoms with E-state index in [-0.39, 0.29) is 11.9 Å². The molecule has 0 aliphatic carbocycles. The second-order valence-corrected chi connectivity index (χ2v) is 8.66. The molecule has 7 nitrogen and oxygen atoms in total. The summed E-state index contributed by atoms with van der Waals surface area (Å²) in [6.45, 7) is 10.8. The minimum atomic E-state index is -0.509. The number of carbonyl (C=O) groups excluding carboxylic acids is 2. The Balaban J connectivity index is 1.68. The summed E-state index contributed by atoms with van der Waals surface area (Å²) in [5.41, 5.74) is 4.40. The van der Waals surface area contributed by atoms with Crippen molar-refractivity contribution in [2.24, 2.45) is 10.9 Å². The van der Waals surface area contributed by atoms with E-state index in [1.165, 1.54) is 10.5 Å². The van der Waals surface area contributed by atoms with Gasteiger partial charge in [-0.25, -0.2) is 9.79 Å². The topological polar surface area (TPSA) is 59.5 Å². The molecule has 0 bridgehead atoms. The second kappa shape index (κ2) is 6.90. The third-order valence-corrected chi connectivity index (χ3v) is 5.91. The lowest BCUT2D eigenvalue weighted by Crippen LogP contribution is -2.64. The van der Waals surface area contributed by atoms with Gasteiger partial charge in [-0.05, 0) is 44.7 Å². The number of likely N-dealkylation sites (N-methyl/N-ethyl adjacent to an activating group) is 1. The fourth-order valence-electron chi connectivity index (χ4n) is 4.30. The van der Waals surface area contributed by atoms with E-state index in [0.717, 1.165) is 23.4 Å². The standard InChI is InChI=1S/C22H29N5O2/c1-13(2)9-10-25-20(28)18-19(24(6)22(25)29)23-21-26(18)12-16(5)27(21)17-8-7-14(3)11-15(17)4/h7-8,11-13,18-19H,9-10H2,1-6H3. The van der Waals surface area contributed by atoms with E-state index in [4.69, 9.17) is 4.99 Å². The van der Waals surface area contributed by atoms with E-state index in [1.54, 1.807) is 11.9 Å². The molecule has 0 spiro atoms. The number of amides is 3. The SMILES string of the molecule is CC1=CN2C(=NC3C2C(=O)N(CCC(C)C)C(=O)N3C)N1c1ccc(C)cc1C. The number of benzene rings is 1. The smallest absolute Gasteiger partial charge is 0.302 e. The Bertz CT molecular complexity index is 935. The van der Waals surface area contributed by atoms with Gasteiger partial charge in [-0.1, -0.05) is 31.5 Å². The highest BCUT2D eigenvalue weighted by Crippen LogP contribution is 2.37. The summed E-state index contributed by atoms with van der Waals surface area (Å²) in [5, 5.41) is 0.